The van der Waals surface area contributed by atoms with Crippen LogP contribution in [-0.2, 0) is 26.7 Å². The van der Waals surface area contributed by atoms with E-state index in [2.05, 4.69) is 15.5 Å². The molecule has 0 bridgehead atoms. The summed E-state index contributed by atoms with van der Waals surface area (Å²) >= 11 is 0. The number of aromatic nitrogens is 4. The Hall–Kier alpha value is -1.76. The fraction of sp³-hybridized carbons (Fsp3) is 0.538. The minimum atomic E-state index is -2.38. The lowest BCUT2D eigenvalue weighted by Crippen LogP contribution is -2.14. The molecule has 0 aliphatic rings. The third kappa shape index (κ3) is 3.22. The van der Waals surface area contributed by atoms with Crippen LogP contribution < -0.4 is 5.32 Å². The first-order chi connectivity index (χ1) is 9.49. The van der Waals surface area contributed by atoms with Crippen molar-refractivity contribution >= 4 is 0 Å². The molecular weight excluding hydrogens is 264 g/mol. The molecule has 5 nitrogen and oxygen atoms in total. The van der Waals surface area contributed by atoms with Gasteiger partial charge in [-0.05, 0) is 13.8 Å². The molecule has 0 saturated heterocycles. The third-order valence-electron chi connectivity index (χ3n) is 3.48. The average molecular weight is 283 g/mol. The van der Waals surface area contributed by atoms with Crippen molar-refractivity contribution in [3.8, 4) is 0 Å². The molecule has 1 N–H and O–H groups in total. The Bertz CT molecular complexity index is 573. The predicted molar refractivity (Wildman–Crippen MR) is 71.5 cm³/mol. The van der Waals surface area contributed by atoms with E-state index in [0.29, 0.717) is 13.1 Å². The normalized spacial score (nSPS) is 11.5. The van der Waals surface area contributed by atoms with Crippen LogP contribution in [0.2, 0.25) is 0 Å². The van der Waals surface area contributed by atoms with Gasteiger partial charge in [-0.2, -0.15) is 10.2 Å². The molecule has 2 aromatic heterocycles. The Morgan fingerprint density at radius 1 is 1.10 bits per heavy atom. The lowest BCUT2D eigenvalue weighted by Gasteiger charge is -2.06. The van der Waals surface area contributed by atoms with Crippen LogP contribution in [-0.4, -0.2) is 26.0 Å². The van der Waals surface area contributed by atoms with E-state index in [1.807, 2.05) is 31.8 Å². The first-order valence-corrected chi connectivity index (χ1v) is 6.46. The molecule has 0 radical (unpaired) electrons. The van der Waals surface area contributed by atoms with Gasteiger partial charge in [-0.15, -0.1) is 0 Å². The molecule has 0 saturated carbocycles. The van der Waals surface area contributed by atoms with Gasteiger partial charge in [0.05, 0.1) is 12.4 Å². The van der Waals surface area contributed by atoms with Crippen molar-refractivity contribution in [2.24, 2.45) is 7.05 Å². The maximum absolute atomic E-state index is 12.3. The summed E-state index contributed by atoms with van der Waals surface area (Å²) in [6, 6.07) is 0. The summed E-state index contributed by atoms with van der Waals surface area (Å²) in [4.78, 5) is 0. The maximum Gasteiger partial charge on any atom is 0.257 e. The van der Waals surface area contributed by atoms with E-state index in [9.17, 15) is 8.78 Å². The molecule has 0 fully saturated rings. The summed E-state index contributed by atoms with van der Waals surface area (Å²) in [5.74, 6) is 0. The molecule has 0 aliphatic carbocycles. The molecule has 0 spiro atoms. The van der Waals surface area contributed by atoms with E-state index >= 15 is 0 Å². The highest BCUT2D eigenvalue weighted by atomic mass is 19.3. The van der Waals surface area contributed by atoms with Crippen LogP contribution >= 0.6 is 0 Å². The molecule has 2 aromatic rings. The summed E-state index contributed by atoms with van der Waals surface area (Å²) in [6.45, 7) is 4.76. The van der Waals surface area contributed by atoms with Crippen LogP contribution in [0.5, 0.6) is 0 Å². The number of alkyl halides is 2. The molecule has 0 atom stereocenters. The predicted octanol–water partition coefficient (Wildman–Crippen LogP) is 1.79. The second-order valence-corrected chi connectivity index (χ2v) is 4.81. The van der Waals surface area contributed by atoms with Gasteiger partial charge in [0.2, 0.25) is 0 Å². The number of rotatable bonds is 6. The van der Waals surface area contributed by atoms with Gasteiger partial charge in [0, 0.05) is 42.7 Å². The number of hydrogen-bond donors (Lipinski definition) is 1. The minimum absolute atomic E-state index is 0.354. The SMILES string of the molecule is Cc1c(CNCc2cnn(CC(F)F)c2C)cnn1C. The van der Waals surface area contributed by atoms with Gasteiger partial charge in [0.25, 0.3) is 6.43 Å². The zero-order valence-electron chi connectivity index (χ0n) is 11.9. The Kier molecular flexibility index (Phi) is 4.49. The summed E-state index contributed by atoms with van der Waals surface area (Å²) in [5, 5.41) is 11.4. The Morgan fingerprint density at radius 3 is 2.25 bits per heavy atom. The Morgan fingerprint density at radius 2 is 1.70 bits per heavy atom. The fourth-order valence-electron chi connectivity index (χ4n) is 2.02. The van der Waals surface area contributed by atoms with Crippen LogP contribution in [0.1, 0.15) is 22.5 Å². The highest BCUT2D eigenvalue weighted by molar-refractivity contribution is 5.18. The van der Waals surface area contributed by atoms with E-state index in [-0.39, 0.29) is 6.54 Å². The van der Waals surface area contributed by atoms with Crippen LogP contribution in [0.25, 0.3) is 0 Å². The van der Waals surface area contributed by atoms with Crippen LogP contribution in [0.4, 0.5) is 8.78 Å². The number of aryl methyl sites for hydroxylation is 1. The van der Waals surface area contributed by atoms with Crippen molar-refractivity contribution < 1.29 is 8.78 Å². The summed E-state index contributed by atoms with van der Waals surface area (Å²) in [7, 11) is 1.90. The lowest BCUT2D eigenvalue weighted by molar-refractivity contribution is 0.121. The van der Waals surface area contributed by atoms with E-state index in [0.717, 1.165) is 22.5 Å². The number of hydrogen-bond acceptors (Lipinski definition) is 3. The molecule has 110 valence electrons. The van der Waals surface area contributed by atoms with Crippen molar-refractivity contribution in [2.75, 3.05) is 0 Å². The van der Waals surface area contributed by atoms with Gasteiger partial charge in [-0.1, -0.05) is 0 Å². The molecule has 2 rings (SSSR count). The standard InChI is InChI=1S/C13H19F2N5/c1-9-11(6-17-19(9)3)4-16-5-12-7-18-20(10(12)2)8-13(14)15/h6-7,13,16H,4-5,8H2,1-3H3. The van der Waals surface area contributed by atoms with E-state index in [1.165, 1.54) is 4.68 Å². The topological polar surface area (TPSA) is 47.7 Å². The Balaban J connectivity index is 1.91. The van der Waals surface area contributed by atoms with Crippen molar-refractivity contribution in [1.82, 2.24) is 24.9 Å². The molecule has 0 amide bonds. The van der Waals surface area contributed by atoms with Gasteiger partial charge in [0.1, 0.15) is 6.54 Å². The second-order valence-electron chi connectivity index (χ2n) is 4.81. The first kappa shape index (κ1) is 14.6. The van der Waals surface area contributed by atoms with Crippen molar-refractivity contribution in [1.29, 1.82) is 0 Å². The highest BCUT2D eigenvalue weighted by Crippen LogP contribution is 2.10. The smallest absolute Gasteiger partial charge is 0.257 e. The van der Waals surface area contributed by atoms with Crippen LogP contribution in [0.15, 0.2) is 12.4 Å². The quantitative estimate of drug-likeness (QED) is 0.879. The largest absolute Gasteiger partial charge is 0.308 e. The van der Waals surface area contributed by atoms with E-state index in [1.54, 1.807) is 6.20 Å². The van der Waals surface area contributed by atoms with Crippen LogP contribution in [0, 0.1) is 13.8 Å². The zero-order valence-corrected chi connectivity index (χ0v) is 11.9. The number of halogens is 2. The third-order valence-corrected chi connectivity index (χ3v) is 3.48. The molecule has 20 heavy (non-hydrogen) atoms. The monoisotopic (exact) mass is 283 g/mol. The molecule has 0 aliphatic heterocycles. The Labute approximate surface area is 116 Å². The van der Waals surface area contributed by atoms with Gasteiger partial charge in [-0.25, -0.2) is 8.78 Å². The lowest BCUT2D eigenvalue weighted by atomic mass is 10.2. The van der Waals surface area contributed by atoms with Gasteiger partial charge in [0.15, 0.2) is 0 Å². The van der Waals surface area contributed by atoms with Gasteiger partial charge < -0.3 is 5.32 Å². The average Bonchev–Trinajstić information content (AvgIpc) is 2.88. The number of nitrogens with one attached hydrogen (secondary N) is 1. The van der Waals surface area contributed by atoms with Crippen LogP contribution in [0.3, 0.4) is 0 Å². The maximum atomic E-state index is 12.3. The molecule has 0 unspecified atom stereocenters. The summed E-state index contributed by atoms with van der Waals surface area (Å²) in [6.07, 6.45) is 1.09. The molecule has 2 heterocycles. The van der Waals surface area contributed by atoms with Crippen molar-refractivity contribution in [3.63, 3.8) is 0 Å². The molecular formula is C13H19F2N5. The van der Waals surface area contributed by atoms with E-state index < -0.39 is 6.43 Å². The molecule has 7 heteroatoms. The minimum Gasteiger partial charge on any atom is -0.308 e. The number of nitrogens with zero attached hydrogens (tertiary/aromatic N) is 4. The fourth-order valence-corrected chi connectivity index (χ4v) is 2.02. The zero-order chi connectivity index (χ0) is 14.7. The first-order valence-electron chi connectivity index (χ1n) is 6.46. The summed E-state index contributed by atoms with van der Waals surface area (Å²) < 4.78 is 27.9. The molecule has 0 aromatic carbocycles. The highest BCUT2D eigenvalue weighted by Gasteiger charge is 2.11. The van der Waals surface area contributed by atoms with E-state index in [4.69, 9.17) is 0 Å². The van der Waals surface area contributed by atoms with Crippen molar-refractivity contribution in [3.05, 3.63) is 34.9 Å². The summed E-state index contributed by atoms with van der Waals surface area (Å²) in [5.41, 5.74) is 3.96. The van der Waals surface area contributed by atoms with Gasteiger partial charge in [-0.3, -0.25) is 9.36 Å². The van der Waals surface area contributed by atoms with Gasteiger partial charge >= 0.3 is 0 Å². The van der Waals surface area contributed by atoms with Crippen molar-refractivity contribution in [2.45, 2.75) is 39.9 Å². The second kappa shape index (κ2) is 6.13.